The van der Waals surface area contributed by atoms with Crippen LogP contribution >= 0.6 is 34.7 Å². The second-order valence-corrected chi connectivity index (χ2v) is 10.6. The van der Waals surface area contributed by atoms with Gasteiger partial charge in [0.2, 0.25) is 11.1 Å². The topological polar surface area (TPSA) is 71.8 Å². The minimum absolute atomic E-state index is 0.159. The molecule has 2 aromatic heterocycles. The van der Waals surface area contributed by atoms with Gasteiger partial charge in [0.05, 0.1) is 5.57 Å². The lowest BCUT2D eigenvalue weighted by Crippen LogP contribution is -2.31. The van der Waals surface area contributed by atoms with Crippen LogP contribution in [0.15, 0.2) is 76.4 Å². The Morgan fingerprint density at radius 2 is 1.89 bits per heavy atom. The Balaban J connectivity index is 1.49. The standard InChI is InChI=1S/C26H24ClN5OS2/c1-15-8-4-7-11-20(15)29-24(33)21-17(3)28-25-30-26(35-14-18-9-5-6-10-19(18)27)31-32(25)22(21)23-16(2)12-13-34-23/h4-13,22H,14H2,1-3H3,(H,29,33)(H,28,30,31). The van der Waals surface area contributed by atoms with E-state index < -0.39 is 0 Å². The fourth-order valence-electron chi connectivity index (χ4n) is 4.05. The first-order chi connectivity index (χ1) is 16.9. The third kappa shape index (κ3) is 4.74. The van der Waals surface area contributed by atoms with E-state index in [1.807, 2.05) is 72.4 Å². The van der Waals surface area contributed by atoms with E-state index in [2.05, 4.69) is 23.6 Å². The number of rotatable bonds is 6. The smallest absolute Gasteiger partial charge is 0.255 e. The van der Waals surface area contributed by atoms with E-state index in [4.69, 9.17) is 21.7 Å². The van der Waals surface area contributed by atoms with Crippen molar-refractivity contribution >= 4 is 52.2 Å². The molecule has 1 aliphatic rings. The molecule has 35 heavy (non-hydrogen) atoms. The van der Waals surface area contributed by atoms with E-state index in [1.54, 1.807) is 11.3 Å². The summed E-state index contributed by atoms with van der Waals surface area (Å²) >= 11 is 9.46. The largest absolute Gasteiger partial charge is 0.328 e. The van der Waals surface area contributed by atoms with Gasteiger partial charge in [-0.25, -0.2) is 4.68 Å². The van der Waals surface area contributed by atoms with Crippen molar-refractivity contribution in [3.05, 3.63) is 97.8 Å². The summed E-state index contributed by atoms with van der Waals surface area (Å²) in [4.78, 5) is 19.4. The summed E-state index contributed by atoms with van der Waals surface area (Å²) in [5, 5.41) is 14.6. The monoisotopic (exact) mass is 521 g/mol. The first kappa shape index (κ1) is 23.7. The van der Waals surface area contributed by atoms with Gasteiger partial charge in [-0.05, 0) is 61.0 Å². The number of aryl methyl sites for hydroxylation is 2. The molecule has 1 atom stereocenters. The molecule has 2 N–H and O–H groups in total. The zero-order chi connectivity index (χ0) is 24.5. The molecular formula is C26H24ClN5OS2. The van der Waals surface area contributed by atoms with Gasteiger partial charge in [-0.3, -0.25) is 4.79 Å². The molecule has 4 aromatic rings. The maximum atomic E-state index is 13.6. The molecule has 2 aromatic carbocycles. The van der Waals surface area contributed by atoms with Crippen molar-refractivity contribution in [2.45, 2.75) is 37.7 Å². The van der Waals surface area contributed by atoms with Crippen molar-refractivity contribution in [2.75, 3.05) is 10.6 Å². The van der Waals surface area contributed by atoms with Gasteiger partial charge in [-0.15, -0.1) is 16.4 Å². The number of fused-ring (bicyclic) bond motifs is 1. The van der Waals surface area contributed by atoms with Crippen LogP contribution in [0.4, 0.5) is 11.6 Å². The molecule has 0 saturated carbocycles. The van der Waals surface area contributed by atoms with Gasteiger partial charge >= 0.3 is 0 Å². The SMILES string of the molecule is CC1=C(C(=O)Nc2ccccc2C)C(c2sccc2C)n2nc(SCc3ccccc3Cl)nc2N1. The van der Waals surface area contributed by atoms with Crippen molar-refractivity contribution in [1.29, 1.82) is 0 Å². The molecule has 6 nitrogen and oxygen atoms in total. The highest BCUT2D eigenvalue weighted by molar-refractivity contribution is 7.98. The van der Waals surface area contributed by atoms with E-state index >= 15 is 0 Å². The Kier molecular flexibility index (Phi) is 6.69. The Labute approximate surface area is 217 Å². The van der Waals surface area contributed by atoms with E-state index in [0.717, 1.165) is 38.0 Å². The third-order valence-corrected chi connectivity index (χ3v) is 8.26. The van der Waals surface area contributed by atoms with Crippen LogP contribution in [0.2, 0.25) is 5.02 Å². The van der Waals surface area contributed by atoms with Crippen LogP contribution in [0, 0.1) is 13.8 Å². The predicted octanol–water partition coefficient (Wildman–Crippen LogP) is 6.83. The minimum atomic E-state index is -0.377. The number of amides is 1. The second kappa shape index (κ2) is 9.89. The highest BCUT2D eigenvalue weighted by Crippen LogP contribution is 2.40. The van der Waals surface area contributed by atoms with Gasteiger partial charge < -0.3 is 10.6 Å². The molecule has 3 heterocycles. The van der Waals surface area contributed by atoms with Gasteiger partial charge in [0.1, 0.15) is 6.04 Å². The maximum Gasteiger partial charge on any atom is 0.255 e. The van der Waals surface area contributed by atoms with E-state index in [1.165, 1.54) is 11.8 Å². The number of thiophene rings is 1. The normalized spacial score (nSPS) is 15.0. The summed E-state index contributed by atoms with van der Waals surface area (Å²) < 4.78 is 1.83. The number of thioether (sulfide) groups is 1. The minimum Gasteiger partial charge on any atom is -0.328 e. The number of aromatic nitrogens is 3. The van der Waals surface area contributed by atoms with Crippen molar-refractivity contribution in [1.82, 2.24) is 14.8 Å². The number of halogens is 1. The number of nitrogens with one attached hydrogen (secondary N) is 2. The van der Waals surface area contributed by atoms with Crippen molar-refractivity contribution < 1.29 is 4.79 Å². The zero-order valence-electron chi connectivity index (χ0n) is 19.5. The van der Waals surface area contributed by atoms with Crippen molar-refractivity contribution in [3.63, 3.8) is 0 Å². The van der Waals surface area contributed by atoms with Crippen molar-refractivity contribution in [3.8, 4) is 0 Å². The number of para-hydroxylation sites is 1. The highest BCUT2D eigenvalue weighted by atomic mass is 35.5. The molecule has 1 aliphatic heterocycles. The number of hydrogen-bond acceptors (Lipinski definition) is 6. The molecule has 0 bridgehead atoms. The van der Waals surface area contributed by atoms with Crippen LogP contribution in [-0.4, -0.2) is 20.7 Å². The molecular weight excluding hydrogens is 498 g/mol. The lowest BCUT2D eigenvalue weighted by molar-refractivity contribution is -0.113. The molecule has 0 aliphatic carbocycles. The van der Waals surface area contributed by atoms with E-state index in [9.17, 15) is 4.79 Å². The lowest BCUT2D eigenvalue weighted by Gasteiger charge is -2.28. The number of anilines is 2. The highest BCUT2D eigenvalue weighted by Gasteiger charge is 2.36. The van der Waals surface area contributed by atoms with Crippen LogP contribution in [0.5, 0.6) is 0 Å². The summed E-state index contributed by atoms with van der Waals surface area (Å²) in [7, 11) is 0. The number of allylic oxidation sites excluding steroid dienone is 1. The first-order valence-electron chi connectivity index (χ1n) is 11.1. The summed E-state index contributed by atoms with van der Waals surface area (Å²) in [6.07, 6.45) is 0. The molecule has 0 fully saturated rings. The van der Waals surface area contributed by atoms with Gasteiger partial charge in [-0.2, -0.15) is 4.98 Å². The van der Waals surface area contributed by atoms with E-state index in [-0.39, 0.29) is 11.9 Å². The van der Waals surface area contributed by atoms with Crippen LogP contribution in [0.25, 0.3) is 0 Å². The first-order valence-corrected chi connectivity index (χ1v) is 13.4. The summed E-state index contributed by atoms with van der Waals surface area (Å²) in [6.45, 7) is 5.95. The number of nitrogens with zero attached hydrogens (tertiary/aromatic N) is 3. The van der Waals surface area contributed by atoms with Gasteiger partial charge in [0.25, 0.3) is 5.91 Å². The van der Waals surface area contributed by atoms with Crippen LogP contribution in [-0.2, 0) is 10.5 Å². The quantitative estimate of drug-likeness (QED) is 0.272. The number of carbonyl (C=O) groups excluding carboxylic acids is 1. The third-order valence-electron chi connectivity index (χ3n) is 5.94. The second-order valence-electron chi connectivity index (χ2n) is 8.35. The summed E-state index contributed by atoms with van der Waals surface area (Å²) in [6, 6.07) is 17.2. The van der Waals surface area contributed by atoms with Crippen LogP contribution in [0.3, 0.4) is 0 Å². The summed E-state index contributed by atoms with van der Waals surface area (Å²) in [5.41, 5.74) is 5.32. The van der Waals surface area contributed by atoms with Crippen molar-refractivity contribution in [2.24, 2.45) is 0 Å². The Bertz CT molecular complexity index is 1440. The molecule has 178 valence electrons. The summed E-state index contributed by atoms with van der Waals surface area (Å²) in [5.74, 6) is 1.11. The Morgan fingerprint density at radius 3 is 2.63 bits per heavy atom. The van der Waals surface area contributed by atoms with Gasteiger partial charge in [0.15, 0.2) is 0 Å². The molecule has 1 unspecified atom stereocenters. The average Bonchev–Trinajstić information content (AvgIpc) is 3.44. The molecule has 1 amide bonds. The molecule has 0 spiro atoms. The number of carbonyl (C=O) groups is 1. The predicted molar refractivity (Wildman–Crippen MR) is 144 cm³/mol. The number of benzene rings is 2. The lowest BCUT2D eigenvalue weighted by atomic mass is 9.98. The van der Waals surface area contributed by atoms with Gasteiger partial charge in [-0.1, -0.05) is 59.8 Å². The average molecular weight is 522 g/mol. The fraction of sp³-hybridized carbons (Fsp3) is 0.192. The molecule has 9 heteroatoms. The van der Waals surface area contributed by atoms with E-state index in [0.29, 0.717) is 22.4 Å². The Hall–Kier alpha value is -3.07. The van der Waals surface area contributed by atoms with Crippen LogP contribution in [0.1, 0.15) is 34.5 Å². The molecule has 0 radical (unpaired) electrons. The molecule has 0 saturated heterocycles. The van der Waals surface area contributed by atoms with Gasteiger partial charge in [0, 0.05) is 27.0 Å². The maximum absolute atomic E-state index is 13.6. The molecule has 5 rings (SSSR count). The fourth-order valence-corrected chi connectivity index (χ4v) is 6.19. The Morgan fingerprint density at radius 1 is 1.11 bits per heavy atom. The number of hydrogen-bond donors (Lipinski definition) is 2. The zero-order valence-corrected chi connectivity index (χ0v) is 21.9. The van der Waals surface area contributed by atoms with Crippen LogP contribution < -0.4 is 10.6 Å².